The topological polar surface area (TPSA) is 68.5 Å². The molecule has 1 fully saturated rings. The number of aromatic nitrogens is 1. The molecule has 2 heterocycles. The Morgan fingerprint density at radius 3 is 2.66 bits per heavy atom. The van der Waals surface area contributed by atoms with Gasteiger partial charge in [-0.15, -0.1) is 0 Å². The average molecular weight is 516 g/mol. The molecule has 0 bridgehead atoms. The molecule has 2 atom stereocenters. The summed E-state index contributed by atoms with van der Waals surface area (Å²) in [6, 6.07) is 12.2. The van der Waals surface area contributed by atoms with Crippen LogP contribution >= 0.6 is 23.2 Å². The van der Waals surface area contributed by atoms with Gasteiger partial charge in [-0.2, -0.15) is 0 Å². The third kappa shape index (κ3) is 5.39. The monoisotopic (exact) mass is 515 g/mol. The van der Waals surface area contributed by atoms with Gasteiger partial charge in [0, 0.05) is 40.5 Å². The number of anilines is 1. The van der Waals surface area contributed by atoms with Gasteiger partial charge in [0.15, 0.2) is 11.6 Å². The minimum absolute atomic E-state index is 0.0697. The van der Waals surface area contributed by atoms with Crippen molar-refractivity contribution >= 4 is 34.9 Å². The van der Waals surface area contributed by atoms with Crippen molar-refractivity contribution in [2.75, 3.05) is 12.3 Å². The SMILES string of the molecule is CCC1CCCCN1C(=O)c1ccc(-c2cnc(N)c(OC(C)c3c(Cl)ccc(F)c3Cl)c2)cc1. The number of carbonyl (C=O) groups is 1. The number of amides is 1. The first-order valence-corrected chi connectivity index (χ1v) is 12.5. The van der Waals surface area contributed by atoms with Crippen molar-refractivity contribution in [2.45, 2.75) is 51.7 Å². The summed E-state index contributed by atoms with van der Waals surface area (Å²) >= 11 is 12.4. The smallest absolute Gasteiger partial charge is 0.254 e. The predicted molar refractivity (Wildman–Crippen MR) is 139 cm³/mol. The third-order valence-corrected chi connectivity index (χ3v) is 7.21. The Morgan fingerprint density at radius 1 is 1.20 bits per heavy atom. The molecule has 2 unspecified atom stereocenters. The van der Waals surface area contributed by atoms with Gasteiger partial charge < -0.3 is 15.4 Å². The van der Waals surface area contributed by atoms with Gasteiger partial charge in [0.1, 0.15) is 11.9 Å². The van der Waals surface area contributed by atoms with Gasteiger partial charge in [-0.05, 0) is 68.5 Å². The van der Waals surface area contributed by atoms with Crippen LogP contribution in [0.1, 0.15) is 61.6 Å². The van der Waals surface area contributed by atoms with Crippen LogP contribution in [0.5, 0.6) is 5.75 Å². The Labute approximate surface area is 215 Å². The van der Waals surface area contributed by atoms with Gasteiger partial charge in [0.05, 0.1) is 5.02 Å². The fourth-order valence-electron chi connectivity index (χ4n) is 4.54. The maximum Gasteiger partial charge on any atom is 0.254 e. The second-order valence-corrected chi connectivity index (χ2v) is 9.54. The van der Waals surface area contributed by atoms with Crippen LogP contribution in [0.4, 0.5) is 10.2 Å². The van der Waals surface area contributed by atoms with E-state index in [0.717, 1.165) is 36.9 Å². The zero-order valence-electron chi connectivity index (χ0n) is 19.7. The molecule has 2 N–H and O–H groups in total. The van der Waals surface area contributed by atoms with E-state index in [9.17, 15) is 9.18 Å². The molecule has 1 aliphatic heterocycles. The van der Waals surface area contributed by atoms with E-state index in [1.165, 1.54) is 18.6 Å². The summed E-state index contributed by atoms with van der Waals surface area (Å²) < 4.78 is 20.0. The summed E-state index contributed by atoms with van der Waals surface area (Å²) in [5.74, 6) is 0.00319. The Kier molecular flexibility index (Phi) is 7.82. The van der Waals surface area contributed by atoms with E-state index in [0.29, 0.717) is 27.9 Å². The molecule has 0 aliphatic carbocycles. The fourth-order valence-corrected chi connectivity index (χ4v) is 5.21. The van der Waals surface area contributed by atoms with Crippen molar-refractivity contribution in [2.24, 2.45) is 0 Å². The lowest BCUT2D eigenvalue weighted by atomic mass is 9.98. The summed E-state index contributed by atoms with van der Waals surface area (Å²) in [5, 5.41) is 0.206. The van der Waals surface area contributed by atoms with Gasteiger partial charge in [0.25, 0.3) is 5.91 Å². The van der Waals surface area contributed by atoms with Crippen molar-refractivity contribution in [3.05, 3.63) is 75.7 Å². The lowest BCUT2D eigenvalue weighted by molar-refractivity contribution is 0.0608. The molecular weight excluding hydrogens is 488 g/mol. The van der Waals surface area contributed by atoms with Crippen molar-refractivity contribution in [3.63, 3.8) is 0 Å². The number of hydrogen-bond donors (Lipinski definition) is 1. The van der Waals surface area contributed by atoms with E-state index in [-0.39, 0.29) is 16.7 Å². The summed E-state index contributed by atoms with van der Waals surface area (Å²) in [6.07, 6.45) is 5.22. The van der Waals surface area contributed by atoms with Gasteiger partial charge in [-0.1, -0.05) is 42.3 Å². The summed E-state index contributed by atoms with van der Waals surface area (Å²) in [6.45, 7) is 4.65. The third-order valence-electron chi connectivity index (χ3n) is 6.50. The van der Waals surface area contributed by atoms with E-state index >= 15 is 0 Å². The van der Waals surface area contributed by atoms with Crippen molar-refractivity contribution in [1.29, 1.82) is 0 Å². The number of halogens is 3. The van der Waals surface area contributed by atoms with Crippen LogP contribution in [0.2, 0.25) is 10.0 Å². The van der Waals surface area contributed by atoms with Crippen LogP contribution in [-0.4, -0.2) is 28.4 Å². The summed E-state index contributed by atoms with van der Waals surface area (Å²) in [7, 11) is 0. The molecular formula is C27H28Cl2FN3O2. The maximum atomic E-state index is 14.0. The lowest BCUT2D eigenvalue weighted by Crippen LogP contribution is -2.43. The number of benzene rings is 2. The molecule has 8 heteroatoms. The highest BCUT2D eigenvalue weighted by atomic mass is 35.5. The quantitative estimate of drug-likeness (QED) is 0.349. The van der Waals surface area contributed by atoms with Crippen LogP contribution < -0.4 is 10.5 Å². The summed E-state index contributed by atoms with van der Waals surface area (Å²) in [5.41, 5.74) is 8.67. The van der Waals surface area contributed by atoms with Crippen LogP contribution in [0.3, 0.4) is 0 Å². The normalized spacial score (nSPS) is 16.7. The highest BCUT2D eigenvalue weighted by molar-refractivity contribution is 6.36. The number of pyridine rings is 1. The van der Waals surface area contributed by atoms with E-state index in [1.807, 2.05) is 29.2 Å². The minimum Gasteiger partial charge on any atom is -0.482 e. The molecule has 0 radical (unpaired) electrons. The van der Waals surface area contributed by atoms with E-state index < -0.39 is 11.9 Å². The standard InChI is InChI=1S/C27H28Cl2FN3O2/c1-3-20-6-4-5-13-33(20)27(34)18-9-7-17(8-10-18)19-14-23(26(31)32-15-19)35-16(2)24-21(28)11-12-22(30)25(24)29/h7-12,14-16,20H,3-6,13H2,1-2H3,(H2,31,32). The van der Waals surface area contributed by atoms with Crippen LogP contribution in [0.25, 0.3) is 11.1 Å². The molecule has 1 aromatic heterocycles. The first-order chi connectivity index (χ1) is 16.8. The predicted octanol–water partition coefficient (Wildman–Crippen LogP) is 7.32. The molecule has 0 spiro atoms. The average Bonchev–Trinajstić information content (AvgIpc) is 2.87. The molecule has 1 aliphatic rings. The number of piperidine rings is 1. The Bertz CT molecular complexity index is 1220. The van der Waals surface area contributed by atoms with Gasteiger partial charge >= 0.3 is 0 Å². The Balaban J connectivity index is 1.55. The Hall–Kier alpha value is -2.83. The molecule has 3 aromatic rings. The second-order valence-electron chi connectivity index (χ2n) is 8.76. The van der Waals surface area contributed by atoms with Gasteiger partial charge in [-0.3, -0.25) is 4.79 Å². The fraction of sp³-hybridized carbons (Fsp3) is 0.333. The van der Waals surface area contributed by atoms with Gasteiger partial charge in [-0.25, -0.2) is 9.37 Å². The highest BCUT2D eigenvalue weighted by Crippen LogP contribution is 2.37. The van der Waals surface area contributed by atoms with Crippen molar-refractivity contribution in [3.8, 4) is 16.9 Å². The first-order valence-electron chi connectivity index (χ1n) is 11.8. The number of ether oxygens (including phenoxy) is 1. The van der Waals surface area contributed by atoms with E-state index in [2.05, 4.69) is 11.9 Å². The number of nitrogens with two attached hydrogens (primary N) is 1. The first kappa shape index (κ1) is 25.3. The zero-order chi connectivity index (χ0) is 25.1. The number of carbonyl (C=O) groups excluding carboxylic acids is 1. The molecule has 0 saturated carbocycles. The molecule has 1 saturated heterocycles. The maximum absolute atomic E-state index is 14.0. The number of hydrogen-bond acceptors (Lipinski definition) is 4. The molecule has 2 aromatic carbocycles. The molecule has 1 amide bonds. The van der Waals surface area contributed by atoms with E-state index in [1.54, 1.807) is 19.2 Å². The zero-order valence-corrected chi connectivity index (χ0v) is 21.2. The number of nitrogens with zero attached hydrogens (tertiary/aromatic N) is 2. The molecule has 35 heavy (non-hydrogen) atoms. The highest BCUT2D eigenvalue weighted by Gasteiger charge is 2.26. The van der Waals surface area contributed by atoms with Crippen LogP contribution in [0.15, 0.2) is 48.7 Å². The minimum atomic E-state index is -0.666. The van der Waals surface area contributed by atoms with Gasteiger partial charge in [0.2, 0.25) is 0 Å². The largest absolute Gasteiger partial charge is 0.482 e. The number of rotatable bonds is 6. The van der Waals surface area contributed by atoms with Crippen molar-refractivity contribution in [1.82, 2.24) is 9.88 Å². The van der Waals surface area contributed by atoms with Crippen LogP contribution in [0, 0.1) is 5.82 Å². The lowest BCUT2D eigenvalue weighted by Gasteiger charge is -2.35. The molecule has 184 valence electrons. The summed E-state index contributed by atoms with van der Waals surface area (Å²) in [4.78, 5) is 19.3. The second kappa shape index (κ2) is 10.8. The Morgan fingerprint density at radius 2 is 1.94 bits per heavy atom. The van der Waals surface area contributed by atoms with Crippen molar-refractivity contribution < 1.29 is 13.9 Å². The van der Waals surface area contributed by atoms with Crippen LogP contribution in [-0.2, 0) is 0 Å². The molecule has 4 rings (SSSR count). The number of likely N-dealkylation sites (tertiary alicyclic amines) is 1. The molecule has 5 nitrogen and oxygen atoms in total. The van der Waals surface area contributed by atoms with E-state index in [4.69, 9.17) is 33.7 Å². The number of nitrogen functional groups attached to an aromatic ring is 1.